The first-order valence-electron chi connectivity index (χ1n) is 7.83. The number of nitrogens with zero attached hydrogens (tertiary/aromatic N) is 1. The van der Waals surface area contributed by atoms with Gasteiger partial charge in [0.05, 0.1) is 24.2 Å². The van der Waals surface area contributed by atoms with Gasteiger partial charge in [-0.3, -0.25) is 9.59 Å². The predicted octanol–water partition coefficient (Wildman–Crippen LogP) is 3.43. The van der Waals surface area contributed by atoms with Crippen molar-refractivity contribution >= 4 is 34.3 Å². The number of fused-ring (bicyclic) bond motifs is 1. The Morgan fingerprint density at radius 3 is 2.69 bits per heavy atom. The SMILES string of the molecule is C=CC(=O)Nc1c(OC)ccc2ccc(-c3ccc(N)c(C=O)n3)cc12. The van der Waals surface area contributed by atoms with Crippen molar-refractivity contribution in [1.29, 1.82) is 0 Å². The Hall–Kier alpha value is -3.67. The van der Waals surface area contributed by atoms with Gasteiger partial charge < -0.3 is 15.8 Å². The Morgan fingerprint density at radius 1 is 1.23 bits per heavy atom. The van der Waals surface area contributed by atoms with E-state index in [9.17, 15) is 9.59 Å². The highest BCUT2D eigenvalue weighted by Crippen LogP contribution is 2.35. The number of hydrogen-bond donors (Lipinski definition) is 2. The van der Waals surface area contributed by atoms with E-state index < -0.39 is 0 Å². The molecule has 130 valence electrons. The van der Waals surface area contributed by atoms with E-state index in [0.717, 1.165) is 16.3 Å². The van der Waals surface area contributed by atoms with E-state index >= 15 is 0 Å². The molecular weight excluding hydrogens is 330 g/mol. The molecule has 3 rings (SSSR count). The van der Waals surface area contributed by atoms with Crippen molar-refractivity contribution in [3.63, 3.8) is 0 Å². The fraction of sp³-hybridized carbons (Fsp3) is 0.0500. The summed E-state index contributed by atoms with van der Waals surface area (Å²) < 4.78 is 5.37. The molecule has 0 atom stereocenters. The number of methoxy groups -OCH3 is 1. The van der Waals surface area contributed by atoms with Crippen LogP contribution in [0.25, 0.3) is 22.0 Å². The van der Waals surface area contributed by atoms with Crippen molar-refractivity contribution in [2.45, 2.75) is 0 Å². The van der Waals surface area contributed by atoms with E-state index in [2.05, 4.69) is 16.9 Å². The minimum Gasteiger partial charge on any atom is -0.495 e. The number of carbonyl (C=O) groups excluding carboxylic acids is 2. The molecule has 3 N–H and O–H groups in total. The second-order valence-corrected chi connectivity index (χ2v) is 5.56. The second kappa shape index (κ2) is 7.06. The normalized spacial score (nSPS) is 10.3. The van der Waals surface area contributed by atoms with Gasteiger partial charge >= 0.3 is 0 Å². The number of rotatable bonds is 5. The molecule has 0 bridgehead atoms. The van der Waals surface area contributed by atoms with E-state index in [4.69, 9.17) is 10.5 Å². The van der Waals surface area contributed by atoms with Crippen LogP contribution in [0.4, 0.5) is 11.4 Å². The van der Waals surface area contributed by atoms with Crippen molar-refractivity contribution in [3.8, 4) is 17.0 Å². The summed E-state index contributed by atoms with van der Waals surface area (Å²) in [5, 5.41) is 4.48. The Labute approximate surface area is 150 Å². The van der Waals surface area contributed by atoms with Crippen LogP contribution < -0.4 is 15.8 Å². The van der Waals surface area contributed by atoms with E-state index in [1.54, 1.807) is 18.2 Å². The number of aromatic nitrogens is 1. The second-order valence-electron chi connectivity index (χ2n) is 5.56. The Bertz CT molecular complexity index is 1030. The highest BCUT2D eigenvalue weighted by molar-refractivity contribution is 6.08. The Balaban J connectivity index is 2.20. The average molecular weight is 347 g/mol. The number of ether oxygens (including phenoxy) is 1. The molecule has 6 heteroatoms. The molecule has 26 heavy (non-hydrogen) atoms. The first kappa shape index (κ1) is 17.2. The topological polar surface area (TPSA) is 94.3 Å². The summed E-state index contributed by atoms with van der Waals surface area (Å²) in [4.78, 5) is 27.2. The number of nitrogen functional groups attached to an aromatic ring is 1. The summed E-state index contributed by atoms with van der Waals surface area (Å²) in [6, 6.07) is 12.7. The third kappa shape index (κ3) is 3.12. The molecular formula is C20H17N3O3. The van der Waals surface area contributed by atoms with Gasteiger partial charge in [-0.15, -0.1) is 0 Å². The van der Waals surface area contributed by atoms with Crippen molar-refractivity contribution in [1.82, 2.24) is 4.98 Å². The lowest BCUT2D eigenvalue weighted by molar-refractivity contribution is -0.111. The maximum Gasteiger partial charge on any atom is 0.247 e. The van der Waals surface area contributed by atoms with Crippen molar-refractivity contribution in [2.75, 3.05) is 18.2 Å². The van der Waals surface area contributed by atoms with Gasteiger partial charge in [0.25, 0.3) is 0 Å². The maximum absolute atomic E-state index is 11.8. The highest BCUT2D eigenvalue weighted by Gasteiger charge is 2.12. The summed E-state index contributed by atoms with van der Waals surface area (Å²) >= 11 is 0. The molecule has 1 aromatic heterocycles. The molecule has 2 aromatic carbocycles. The van der Waals surface area contributed by atoms with Gasteiger partial charge in [-0.05, 0) is 35.7 Å². The molecule has 0 radical (unpaired) electrons. The smallest absolute Gasteiger partial charge is 0.247 e. The number of anilines is 2. The number of carbonyl (C=O) groups is 2. The lowest BCUT2D eigenvalue weighted by Crippen LogP contribution is -2.09. The van der Waals surface area contributed by atoms with E-state index in [1.165, 1.54) is 13.2 Å². The van der Waals surface area contributed by atoms with Crippen molar-refractivity contribution in [2.24, 2.45) is 0 Å². The van der Waals surface area contributed by atoms with Crippen LogP contribution in [-0.2, 0) is 4.79 Å². The van der Waals surface area contributed by atoms with E-state index in [-0.39, 0.29) is 11.6 Å². The Morgan fingerprint density at radius 2 is 2.00 bits per heavy atom. The number of pyridine rings is 1. The third-order valence-corrected chi connectivity index (χ3v) is 4.00. The molecule has 0 saturated heterocycles. The minimum absolute atomic E-state index is 0.188. The summed E-state index contributed by atoms with van der Waals surface area (Å²) in [5.41, 5.74) is 8.17. The van der Waals surface area contributed by atoms with E-state index in [0.29, 0.717) is 29.1 Å². The van der Waals surface area contributed by atoms with Crippen LogP contribution in [0.15, 0.2) is 55.1 Å². The molecule has 0 aliphatic rings. The molecule has 0 spiro atoms. The molecule has 1 amide bonds. The average Bonchev–Trinajstić information content (AvgIpc) is 2.68. The first-order chi connectivity index (χ1) is 12.6. The Kier molecular flexibility index (Phi) is 4.66. The lowest BCUT2D eigenvalue weighted by Gasteiger charge is -2.13. The van der Waals surface area contributed by atoms with Crippen LogP contribution in [0.2, 0.25) is 0 Å². The fourth-order valence-electron chi connectivity index (χ4n) is 2.67. The summed E-state index contributed by atoms with van der Waals surface area (Å²) in [6.45, 7) is 3.48. The van der Waals surface area contributed by atoms with Crippen LogP contribution in [0.5, 0.6) is 5.75 Å². The molecule has 1 heterocycles. The molecule has 0 aliphatic heterocycles. The number of amides is 1. The standard InChI is InChI=1S/C20H17N3O3/c1-3-19(25)23-20-14-10-13(5-4-12(14)6-9-18(20)26-2)16-8-7-15(21)17(11-24)22-16/h3-11H,1,21H2,2H3,(H,23,25). The minimum atomic E-state index is -0.338. The van der Waals surface area contributed by atoms with E-state index in [1.807, 2.05) is 24.3 Å². The molecule has 0 aliphatic carbocycles. The van der Waals surface area contributed by atoms with Crippen LogP contribution in [0.3, 0.4) is 0 Å². The number of nitrogens with two attached hydrogens (primary N) is 1. The van der Waals surface area contributed by atoms with Crippen molar-refractivity contribution in [3.05, 3.63) is 60.8 Å². The number of benzene rings is 2. The fourth-order valence-corrected chi connectivity index (χ4v) is 2.67. The monoisotopic (exact) mass is 347 g/mol. The van der Waals surface area contributed by atoms with Crippen molar-refractivity contribution < 1.29 is 14.3 Å². The summed E-state index contributed by atoms with van der Waals surface area (Å²) in [7, 11) is 1.53. The molecule has 0 unspecified atom stereocenters. The molecule has 0 saturated carbocycles. The zero-order chi connectivity index (χ0) is 18.7. The van der Waals surface area contributed by atoms with Crippen LogP contribution in [0, 0.1) is 0 Å². The zero-order valence-electron chi connectivity index (χ0n) is 14.2. The number of nitrogens with one attached hydrogen (secondary N) is 1. The van der Waals surface area contributed by atoms with Gasteiger partial charge in [0.2, 0.25) is 5.91 Å². The largest absolute Gasteiger partial charge is 0.495 e. The van der Waals surface area contributed by atoms with Crippen LogP contribution in [0.1, 0.15) is 10.5 Å². The van der Waals surface area contributed by atoms with Gasteiger partial charge in [-0.25, -0.2) is 4.98 Å². The van der Waals surface area contributed by atoms with Crippen LogP contribution in [-0.4, -0.2) is 24.3 Å². The van der Waals surface area contributed by atoms with Crippen LogP contribution >= 0.6 is 0 Å². The predicted molar refractivity (Wildman–Crippen MR) is 102 cm³/mol. The molecule has 6 nitrogen and oxygen atoms in total. The van der Waals surface area contributed by atoms with Gasteiger partial charge in [-0.2, -0.15) is 0 Å². The lowest BCUT2D eigenvalue weighted by atomic mass is 10.0. The van der Waals surface area contributed by atoms with Gasteiger partial charge in [-0.1, -0.05) is 24.8 Å². The summed E-state index contributed by atoms with van der Waals surface area (Å²) in [5.74, 6) is 0.193. The van der Waals surface area contributed by atoms with Gasteiger partial charge in [0.15, 0.2) is 6.29 Å². The molecule has 0 fully saturated rings. The zero-order valence-corrected chi connectivity index (χ0v) is 14.2. The van der Waals surface area contributed by atoms with Gasteiger partial charge in [0.1, 0.15) is 11.4 Å². The summed E-state index contributed by atoms with van der Waals surface area (Å²) in [6.07, 6.45) is 1.82. The highest BCUT2D eigenvalue weighted by atomic mass is 16.5. The van der Waals surface area contributed by atoms with Gasteiger partial charge in [0, 0.05) is 10.9 Å². The first-order valence-corrected chi connectivity index (χ1v) is 7.83. The number of hydrogen-bond acceptors (Lipinski definition) is 5. The number of aldehydes is 1. The maximum atomic E-state index is 11.8. The third-order valence-electron chi connectivity index (χ3n) is 4.00. The quantitative estimate of drug-likeness (QED) is 0.545. The molecule has 3 aromatic rings.